The summed E-state index contributed by atoms with van der Waals surface area (Å²) in [5.74, 6) is 0.356. The number of alkyl halides is 1. The van der Waals surface area contributed by atoms with Gasteiger partial charge in [0.25, 0.3) is 0 Å². The Morgan fingerprint density at radius 3 is 3.06 bits per heavy atom. The molecular weight excluding hydrogens is 242 g/mol. The Labute approximate surface area is 106 Å². The summed E-state index contributed by atoms with van der Waals surface area (Å²) in [4.78, 5) is 0. The molecule has 2 rings (SSSR count). The third-order valence-corrected chi connectivity index (χ3v) is 3.37. The summed E-state index contributed by atoms with van der Waals surface area (Å²) >= 11 is 5.86. The zero-order valence-corrected chi connectivity index (χ0v) is 11.0. The van der Waals surface area contributed by atoms with Gasteiger partial charge in [0.2, 0.25) is 0 Å². The number of hydrogen-bond acceptors (Lipinski definition) is 4. The maximum Gasteiger partial charge on any atom is 0.103 e. The SMILES string of the molecule is COC(C)c1c(CCl)nnn1CC1CCCO1. The smallest absolute Gasteiger partial charge is 0.103 e. The summed E-state index contributed by atoms with van der Waals surface area (Å²) in [6.45, 7) is 3.55. The van der Waals surface area contributed by atoms with Gasteiger partial charge in [0.05, 0.1) is 30.3 Å². The molecule has 0 spiro atoms. The zero-order chi connectivity index (χ0) is 12.3. The highest BCUT2D eigenvalue weighted by Gasteiger charge is 2.22. The average molecular weight is 260 g/mol. The number of ether oxygens (including phenoxy) is 2. The predicted octanol–water partition coefficient (Wildman–Crippen LogP) is 1.90. The topological polar surface area (TPSA) is 49.2 Å². The lowest BCUT2D eigenvalue weighted by Crippen LogP contribution is -2.19. The van der Waals surface area contributed by atoms with Crippen LogP contribution < -0.4 is 0 Å². The van der Waals surface area contributed by atoms with Crippen LogP contribution in [0.5, 0.6) is 0 Å². The van der Waals surface area contributed by atoms with Crippen molar-refractivity contribution in [1.82, 2.24) is 15.0 Å². The van der Waals surface area contributed by atoms with Crippen LogP contribution in [0.15, 0.2) is 0 Å². The first kappa shape index (κ1) is 12.8. The Balaban J connectivity index is 2.17. The maximum absolute atomic E-state index is 5.86. The minimum atomic E-state index is -0.0554. The molecule has 1 aromatic heterocycles. The fourth-order valence-electron chi connectivity index (χ4n) is 2.12. The normalized spacial score (nSPS) is 21.9. The standard InChI is InChI=1S/C11H18ClN3O2/c1-8(16-2)11-10(6-12)13-14-15(11)7-9-4-3-5-17-9/h8-9H,3-7H2,1-2H3. The average Bonchev–Trinajstić information content (AvgIpc) is 2.98. The van der Waals surface area contributed by atoms with Crippen LogP contribution >= 0.6 is 11.6 Å². The molecule has 96 valence electrons. The van der Waals surface area contributed by atoms with E-state index >= 15 is 0 Å². The molecule has 0 radical (unpaired) electrons. The highest BCUT2D eigenvalue weighted by molar-refractivity contribution is 6.16. The number of halogens is 1. The maximum atomic E-state index is 5.86. The lowest BCUT2D eigenvalue weighted by atomic mass is 10.2. The van der Waals surface area contributed by atoms with E-state index in [0.29, 0.717) is 5.88 Å². The van der Waals surface area contributed by atoms with E-state index < -0.39 is 0 Å². The highest BCUT2D eigenvalue weighted by atomic mass is 35.5. The molecule has 1 aliphatic rings. The van der Waals surface area contributed by atoms with Crippen LogP contribution in [0, 0.1) is 0 Å². The molecular formula is C11H18ClN3O2. The fraction of sp³-hybridized carbons (Fsp3) is 0.818. The third-order valence-electron chi connectivity index (χ3n) is 3.11. The molecule has 1 saturated heterocycles. The van der Waals surface area contributed by atoms with Gasteiger partial charge in [-0.2, -0.15) is 0 Å². The highest BCUT2D eigenvalue weighted by Crippen LogP contribution is 2.22. The van der Waals surface area contributed by atoms with Gasteiger partial charge < -0.3 is 9.47 Å². The molecule has 1 fully saturated rings. The summed E-state index contributed by atoms with van der Waals surface area (Å²) in [6.07, 6.45) is 2.39. The Morgan fingerprint density at radius 1 is 1.65 bits per heavy atom. The van der Waals surface area contributed by atoms with Gasteiger partial charge in [0, 0.05) is 13.7 Å². The van der Waals surface area contributed by atoms with Gasteiger partial charge in [-0.3, -0.25) is 0 Å². The molecule has 17 heavy (non-hydrogen) atoms. The quantitative estimate of drug-likeness (QED) is 0.758. The third kappa shape index (κ3) is 2.78. The van der Waals surface area contributed by atoms with E-state index in [1.165, 1.54) is 0 Å². The summed E-state index contributed by atoms with van der Waals surface area (Å²) in [6, 6.07) is 0. The van der Waals surface area contributed by atoms with Crippen LogP contribution in [0.1, 0.15) is 37.3 Å². The molecule has 2 atom stereocenters. The van der Waals surface area contributed by atoms with E-state index in [9.17, 15) is 0 Å². The predicted molar refractivity (Wildman–Crippen MR) is 64.0 cm³/mol. The second-order valence-corrected chi connectivity index (χ2v) is 4.52. The number of nitrogens with zero attached hydrogens (tertiary/aromatic N) is 3. The largest absolute Gasteiger partial charge is 0.376 e. The van der Waals surface area contributed by atoms with Gasteiger partial charge >= 0.3 is 0 Å². The fourth-order valence-corrected chi connectivity index (χ4v) is 2.31. The molecule has 6 heteroatoms. The second-order valence-electron chi connectivity index (χ2n) is 4.25. The molecule has 0 aromatic carbocycles. The number of rotatable bonds is 5. The lowest BCUT2D eigenvalue weighted by molar-refractivity contribution is 0.0820. The molecule has 1 aliphatic heterocycles. The first-order valence-corrected chi connectivity index (χ1v) is 6.42. The number of methoxy groups -OCH3 is 1. The monoisotopic (exact) mass is 259 g/mol. The molecule has 0 amide bonds. The minimum Gasteiger partial charge on any atom is -0.376 e. The Morgan fingerprint density at radius 2 is 2.47 bits per heavy atom. The lowest BCUT2D eigenvalue weighted by Gasteiger charge is -2.15. The van der Waals surface area contributed by atoms with E-state index in [0.717, 1.165) is 37.4 Å². The van der Waals surface area contributed by atoms with Crippen molar-refractivity contribution in [2.45, 2.75) is 44.4 Å². The first-order chi connectivity index (χ1) is 8.26. The van der Waals surface area contributed by atoms with Crippen molar-refractivity contribution in [1.29, 1.82) is 0 Å². The van der Waals surface area contributed by atoms with E-state index in [2.05, 4.69) is 10.3 Å². The van der Waals surface area contributed by atoms with Gasteiger partial charge in [-0.1, -0.05) is 5.21 Å². The first-order valence-electron chi connectivity index (χ1n) is 5.89. The van der Waals surface area contributed by atoms with Crippen molar-refractivity contribution in [3.05, 3.63) is 11.4 Å². The van der Waals surface area contributed by atoms with Crippen molar-refractivity contribution in [3.8, 4) is 0 Å². The van der Waals surface area contributed by atoms with Crippen LogP contribution in [0.4, 0.5) is 0 Å². The zero-order valence-electron chi connectivity index (χ0n) is 10.2. The van der Waals surface area contributed by atoms with Crippen LogP contribution in [-0.4, -0.2) is 34.8 Å². The van der Waals surface area contributed by atoms with Crippen molar-refractivity contribution >= 4 is 11.6 Å². The minimum absolute atomic E-state index is 0.0554. The van der Waals surface area contributed by atoms with Gasteiger partial charge in [-0.05, 0) is 19.8 Å². The summed E-state index contributed by atoms with van der Waals surface area (Å²) < 4.78 is 12.8. The van der Waals surface area contributed by atoms with E-state index in [4.69, 9.17) is 21.1 Å². The Bertz CT molecular complexity index is 364. The second kappa shape index (κ2) is 5.80. The molecule has 2 unspecified atom stereocenters. The van der Waals surface area contributed by atoms with Crippen molar-refractivity contribution in [3.63, 3.8) is 0 Å². The van der Waals surface area contributed by atoms with Gasteiger partial charge in [0.15, 0.2) is 0 Å². The van der Waals surface area contributed by atoms with Gasteiger partial charge in [-0.15, -0.1) is 16.7 Å². The summed E-state index contributed by atoms with van der Waals surface area (Å²) in [5.41, 5.74) is 1.75. The molecule has 0 aliphatic carbocycles. The van der Waals surface area contributed by atoms with Crippen LogP contribution in [0.2, 0.25) is 0 Å². The number of hydrogen-bond donors (Lipinski definition) is 0. The molecule has 0 saturated carbocycles. The molecule has 0 N–H and O–H groups in total. The van der Waals surface area contributed by atoms with Gasteiger partial charge in [-0.25, -0.2) is 4.68 Å². The van der Waals surface area contributed by atoms with Crippen LogP contribution in [0.3, 0.4) is 0 Å². The molecule has 2 heterocycles. The van der Waals surface area contributed by atoms with E-state index in [-0.39, 0.29) is 12.2 Å². The van der Waals surface area contributed by atoms with Crippen molar-refractivity contribution in [2.24, 2.45) is 0 Å². The molecule has 5 nitrogen and oxygen atoms in total. The van der Waals surface area contributed by atoms with Crippen molar-refractivity contribution in [2.75, 3.05) is 13.7 Å². The van der Waals surface area contributed by atoms with Crippen LogP contribution in [-0.2, 0) is 21.9 Å². The summed E-state index contributed by atoms with van der Waals surface area (Å²) in [7, 11) is 1.67. The van der Waals surface area contributed by atoms with Crippen molar-refractivity contribution < 1.29 is 9.47 Å². The van der Waals surface area contributed by atoms with Gasteiger partial charge in [0.1, 0.15) is 5.69 Å². The summed E-state index contributed by atoms with van der Waals surface area (Å²) in [5, 5.41) is 8.23. The van der Waals surface area contributed by atoms with E-state index in [1.54, 1.807) is 7.11 Å². The molecule has 1 aromatic rings. The van der Waals surface area contributed by atoms with Crippen LogP contribution in [0.25, 0.3) is 0 Å². The number of aromatic nitrogens is 3. The Kier molecular flexibility index (Phi) is 4.36. The van der Waals surface area contributed by atoms with E-state index in [1.807, 2.05) is 11.6 Å². The molecule has 0 bridgehead atoms. The Hall–Kier alpha value is -0.650.